The van der Waals surface area contributed by atoms with Gasteiger partial charge in [0, 0.05) is 54.7 Å². The number of anilines is 2. The van der Waals surface area contributed by atoms with E-state index in [4.69, 9.17) is 38.7 Å². The van der Waals surface area contributed by atoms with E-state index >= 15 is 4.39 Å². The van der Waals surface area contributed by atoms with Gasteiger partial charge in [-0.05, 0) is 32.4 Å². The Bertz CT molecular complexity index is 1320. The van der Waals surface area contributed by atoms with Crippen LogP contribution in [0.5, 0.6) is 0 Å². The van der Waals surface area contributed by atoms with Crippen LogP contribution in [0, 0.1) is 22.6 Å². The standard InChI is InChI=1S/C26H26Cl2FN5O2/c1-4-19(35)34-12-26(13-34)5-6-33(11-26)24-14(9-30)20(15-10-36-25(2,3)8-18(15)32-24)21-22(29)16(27)7-17(28)23(21)31/h4,7H,1,5-6,8,10-13,31H2,2-3H3. The van der Waals surface area contributed by atoms with Gasteiger partial charge in [0.25, 0.3) is 0 Å². The number of likely N-dealkylation sites (tertiary alicyclic amines) is 1. The number of rotatable bonds is 3. The van der Waals surface area contributed by atoms with Crippen LogP contribution in [0.3, 0.4) is 0 Å². The third kappa shape index (κ3) is 3.90. The number of nitriles is 1. The predicted octanol–water partition coefficient (Wildman–Crippen LogP) is 4.72. The third-order valence-corrected chi connectivity index (χ3v) is 8.00. The minimum Gasteiger partial charge on any atom is -0.397 e. The van der Waals surface area contributed by atoms with Crippen LogP contribution in [0.15, 0.2) is 18.7 Å². The zero-order valence-corrected chi connectivity index (χ0v) is 21.6. The topological polar surface area (TPSA) is 95.5 Å². The molecule has 1 aromatic heterocycles. The third-order valence-electron chi connectivity index (χ3n) is 7.41. The smallest absolute Gasteiger partial charge is 0.245 e. The molecule has 7 nitrogen and oxygen atoms in total. The first-order valence-corrected chi connectivity index (χ1v) is 12.4. The number of carbonyl (C=O) groups is 1. The summed E-state index contributed by atoms with van der Waals surface area (Å²) in [5.74, 6) is -0.351. The van der Waals surface area contributed by atoms with E-state index in [1.807, 2.05) is 13.8 Å². The van der Waals surface area contributed by atoms with Crippen molar-refractivity contribution in [2.75, 3.05) is 36.8 Å². The lowest BCUT2D eigenvalue weighted by molar-refractivity contribution is -0.136. The summed E-state index contributed by atoms with van der Waals surface area (Å²) in [5.41, 5.74) is 7.58. The minimum absolute atomic E-state index is 0.00688. The van der Waals surface area contributed by atoms with Crippen molar-refractivity contribution in [3.8, 4) is 17.2 Å². The molecule has 0 saturated carbocycles. The van der Waals surface area contributed by atoms with E-state index in [0.29, 0.717) is 49.5 Å². The van der Waals surface area contributed by atoms with E-state index < -0.39 is 11.4 Å². The molecule has 1 spiro atoms. The van der Waals surface area contributed by atoms with Crippen LogP contribution >= 0.6 is 23.2 Å². The second-order valence-corrected chi connectivity index (χ2v) is 11.3. The molecule has 4 heterocycles. The van der Waals surface area contributed by atoms with Gasteiger partial charge in [-0.15, -0.1) is 0 Å². The van der Waals surface area contributed by atoms with Crippen molar-refractivity contribution < 1.29 is 13.9 Å². The fourth-order valence-electron chi connectivity index (χ4n) is 5.57. The first-order chi connectivity index (χ1) is 17.0. The molecule has 1 amide bonds. The summed E-state index contributed by atoms with van der Waals surface area (Å²) in [6.45, 7) is 10.2. The molecular formula is C26H26Cl2FN5O2. The highest BCUT2D eigenvalue weighted by Crippen LogP contribution is 2.47. The number of nitrogens with zero attached hydrogens (tertiary/aromatic N) is 4. The Kier molecular flexibility index (Phi) is 5.94. The summed E-state index contributed by atoms with van der Waals surface area (Å²) in [6, 6.07) is 3.52. The van der Waals surface area contributed by atoms with Gasteiger partial charge in [0.2, 0.25) is 5.91 Å². The zero-order valence-electron chi connectivity index (χ0n) is 20.1. The molecule has 0 atom stereocenters. The second kappa shape index (κ2) is 8.62. The number of fused-ring (bicyclic) bond motifs is 1. The first-order valence-electron chi connectivity index (χ1n) is 11.7. The number of hydrogen-bond donors (Lipinski definition) is 1. The molecule has 2 fully saturated rings. The Morgan fingerprint density at radius 3 is 2.69 bits per heavy atom. The first kappa shape index (κ1) is 24.8. The molecule has 2 N–H and O–H groups in total. The van der Waals surface area contributed by atoms with Gasteiger partial charge in [-0.1, -0.05) is 29.8 Å². The molecule has 10 heteroatoms. The number of aromatic nitrogens is 1. The van der Waals surface area contributed by atoms with Crippen LogP contribution in [-0.4, -0.2) is 47.6 Å². The van der Waals surface area contributed by atoms with Gasteiger partial charge in [0.05, 0.1) is 33.6 Å². The maximum absolute atomic E-state index is 15.5. The Labute approximate surface area is 219 Å². The summed E-state index contributed by atoms with van der Waals surface area (Å²) >= 11 is 12.4. The summed E-state index contributed by atoms with van der Waals surface area (Å²) < 4.78 is 21.5. The van der Waals surface area contributed by atoms with Gasteiger partial charge >= 0.3 is 0 Å². The normalized spacial score (nSPS) is 19.6. The lowest BCUT2D eigenvalue weighted by Crippen LogP contribution is -2.59. The van der Waals surface area contributed by atoms with Crippen LogP contribution in [-0.2, 0) is 22.6 Å². The van der Waals surface area contributed by atoms with Crippen molar-refractivity contribution in [3.05, 3.63) is 51.4 Å². The highest BCUT2D eigenvalue weighted by molar-refractivity contribution is 6.37. The van der Waals surface area contributed by atoms with Crippen molar-refractivity contribution in [2.24, 2.45) is 5.41 Å². The Morgan fingerprint density at radius 1 is 1.31 bits per heavy atom. The number of pyridine rings is 1. The fourth-order valence-corrected chi connectivity index (χ4v) is 6.03. The largest absolute Gasteiger partial charge is 0.397 e. The van der Waals surface area contributed by atoms with Crippen LogP contribution in [0.1, 0.15) is 37.1 Å². The number of halogens is 3. The maximum Gasteiger partial charge on any atom is 0.245 e. The monoisotopic (exact) mass is 529 g/mol. The summed E-state index contributed by atoms with van der Waals surface area (Å²) in [7, 11) is 0. The molecule has 2 aromatic rings. The molecule has 5 rings (SSSR count). The fraction of sp³-hybridized carbons (Fsp3) is 0.423. The van der Waals surface area contributed by atoms with E-state index in [0.717, 1.165) is 12.1 Å². The van der Waals surface area contributed by atoms with Gasteiger partial charge in [-0.2, -0.15) is 5.26 Å². The molecule has 0 bridgehead atoms. The molecule has 36 heavy (non-hydrogen) atoms. The van der Waals surface area contributed by atoms with Crippen molar-refractivity contribution >= 4 is 40.6 Å². The van der Waals surface area contributed by atoms with E-state index in [1.54, 1.807) is 4.90 Å². The lowest BCUT2D eigenvalue weighted by Gasteiger charge is -2.47. The zero-order chi connectivity index (χ0) is 26.0. The van der Waals surface area contributed by atoms with Crippen LogP contribution < -0.4 is 10.6 Å². The molecule has 1 aromatic carbocycles. The molecule has 3 aliphatic heterocycles. The number of ether oxygens (including phenoxy) is 1. The molecule has 188 valence electrons. The van der Waals surface area contributed by atoms with Gasteiger partial charge < -0.3 is 20.3 Å². The van der Waals surface area contributed by atoms with Crippen molar-refractivity contribution in [3.63, 3.8) is 0 Å². The molecule has 0 unspecified atom stereocenters. The average Bonchev–Trinajstić information content (AvgIpc) is 3.26. The maximum atomic E-state index is 15.5. The Balaban J connectivity index is 1.66. The minimum atomic E-state index is -0.741. The summed E-state index contributed by atoms with van der Waals surface area (Å²) in [6.07, 6.45) is 2.65. The lowest BCUT2D eigenvalue weighted by atomic mass is 9.79. The number of nitrogen functional groups attached to an aromatic ring is 1. The van der Waals surface area contributed by atoms with E-state index in [1.165, 1.54) is 12.1 Å². The van der Waals surface area contributed by atoms with E-state index in [9.17, 15) is 10.1 Å². The Hall–Kier alpha value is -2.86. The average molecular weight is 530 g/mol. The molecule has 3 aliphatic rings. The second-order valence-electron chi connectivity index (χ2n) is 10.5. The van der Waals surface area contributed by atoms with Crippen LogP contribution in [0.2, 0.25) is 10.0 Å². The highest BCUT2D eigenvalue weighted by atomic mass is 35.5. The van der Waals surface area contributed by atoms with Crippen molar-refractivity contribution in [2.45, 2.75) is 38.9 Å². The quantitative estimate of drug-likeness (QED) is 0.351. The highest BCUT2D eigenvalue weighted by Gasteiger charge is 2.49. The molecule has 0 radical (unpaired) electrons. The van der Waals surface area contributed by atoms with Gasteiger partial charge in [0.15, 0.2) is 5.82 Å². The number of carbonyl (C=O) groups excluding carboxylic acids is 1. The number of benzene rings is 1. The van der Waals surface area contributed by atoms with E-state index in [-0.39, 0.29) is 44.8 Å². The van der Waals surface area contributed by atoms with Gasteiger partial charge in [0.1, 0.15) is 17.5 Å². The van der Waals surface area contributed by atoms with Crippen molar-refractivity contribution in [1.29, 1.82) is 5.26 Å². The van der Waals surface area contributed by atoms with Crippen LogP contribution in [0.4, 0.5) is 15.9 Å². The number of hydrogen-bond acceptors (Lipinski definition) is 6. The van der Waals surface area contributed by atoms with Crippen molar-refractivity contribution in [1.82, 2.24) is 9.88 Å². The van der Waals surface area contributed by atoms with Gasteiger partial charge in [-0.25, -0.2) is 9.37 Å². The SMILES string of the molecule is C=CC(=O)N1CC2(CCN(c3nc4c(c(-c5c(N)c(Cl)cc(Cl)c5F)c3C#N)COC(C)(C)C4)C2)C1. The predicted molar refractivity (Wildman–Crippen MR) is 137 cm³/mol. The van der Waals surface area contributed by atoms with Gasteiger partial charge in [-0.3, -0.25) is 4.79 Å². The van der Waals surface area contributed by atoms with Crippen LogP contribution in [0.25, 0.3) is 11.1 Å². The van der Waals surface area contributed by atoms with E-state index in [2.05, 4.69) is 17.5 Å². The molecule has 2 saturated heterocycles. The Morgan fingerprint density at radius 2 is 2.03 bits per heavy atom. The summed E-state index contributed by atoms with van der Waals surface area (Å²) in [5, 5.41) is 10.3. The summed E-state index contributed by atoms with van der Waals surface area (Å²) in [4.78, 5) is 20.7. The number of amides is 1. The number of nitrogens with two attached hydrogens (primary N) is 1. The molecular weight excluding hydrogens is 504 g/mol. The molecule has 0 aliphatic carbocycles.